The van der Waals surface area contributed by atoms with E-state index >= 15 is 0 Å². The molecule has 0 radical (unpaired) electrons. The highest BCUT2D eigenvalue weighted by Crippen LogP contribution is 2.21. The van der Waals surface area contributed by atoms with E-state index in [1.165, 1.54) is 0 Å². The van der Waals surface area contributed by atoms with Crippen LogP contribution >= 0.6 is 12.2 Å². The van der Waals surface area contributed by atoms with Crippen LogP contribution in [0.3, 0.4) is 0 Å². The molecular weight excluding hydrogens is 248 g/mol. The Balaban J connectivity index is 2.25. The maximum Gasteiger partial charge on any atom is 0.226 e. The second kappa shape index (κ2) is 5.16. The zero-order valence-corrected chi connectivity index (χ0v) is 11.4. The number of aliphatic hydroxyl groups is 1. The molecule has 5 nitrogen and oxygen atoms in total. The predicted molar refractivity (Wildman–Crippen MR) is 74.7 cm³/mol. The van der Waals surface area contributed by atoms with Crippen LogP contribution in [0.5, 0.6) is 0 Å². The SMILES string of the molecule is Cc1cc(C(N)=S)nc(N2CCC(C)C(O)C2)n1. The average Bonchev–Trinajstić information content (AvgIpc) is 2.31. The molecule has 1 aromatic heterocycles. The number of thiocarbonyl (C=S) groups is 1. The predicted octanol–water partition coefficient (Wildman–Crippen LogP) is 0.626. The monoisotopic (exact) mass is 266 g/mol. The van der Waals surface area contributed by atoms with Gasteiger partial charge < -0.3 is 15.7 Å². The molecule has 2 heterocycles. The van der Waals surface area contributed by atoms with Crippen LogP contribution in [0.15, 0.2) is 6.07 Å². The van der Waals surface area contributed by atoms with Gasteiger partial charge in [-0.3, -0.25) is 0 Å². The van der Waals surface area contributed by atoms with Crippen molar-refractivity contribution in [2.24, 2.45) is 11.7 Å². The zero-order valence-electron chi connectivity index (χ0n) is 10.6. The van der Waals surface area contributed by atoms with Gasteiger partial charge in [-0.15, -0.1) is 0 Å². The minimum Gasteiger partial charge on any atom is -0.391 e. The lowest BCUT2D eigenvalue weighted by molar-refractivity contribution is 0.102. The van der Waals surface area contributed by atoms with E-state index < -0.39 is 0 Å². The summed E-state index contributed by atoms with van der Waals surface area (Å²) >= 11 is 4.94. The van der Waals surface area contributed by atoms with Crippen LogP contribution in [0.25, 0.3) is 0 Å². The van der Waals surface area contributed by atoms with Crippen LogP contribution in [0, 0.1) is 12.8 Å². The maximum atomic E-state index is 9.91. The Hall–Kier alpha value is -1.27. The minimum atomic E-state index is -0.337. The van der Waals surface area contributed by atoms with Crippen LogP contribution in [-0.4, -0.2) is 39.3 Å². The highest BCUT2D eigenvalue weighted by Gasteiger charge is 2.26. The molecule has 0 amide bonds. The van der Waals surface area contributed by atoms with Gasteiger partial charge in [0.15, 0.2) is 0 Å². The number of anilines is 1. The molecule has 0 aliphatic carbocycles. The number of aromatic nitrogens is 2. The molecule has 1 aromatic rings. The van der Waals surface area contributed by atoms with Crippen molar-refractivity contribution in [3.8, 4) is 0 Å². The molecule has 1 saturated heterocycles. The topological polar surface area (TPSA) is 75.3 Å². The Bertz CT molecular complexity index is 465. The number of piperidine rings is 1. The van der Waals surface area contributed by atoms with Crippen molar-refractivity contribution < 1.29 is 5.11 Å². The molecule has 2 unspecified atom stereocenters. The number of nitrogens with two attached hydrogens (primary N) is 1. The number of rotatable bonds is 2. The number of aryl methyl sites for hydroxylation is 1. The van der Waals surface area contributed by atoms with Crippen LogP contribution < -0.4 is 10.6 Å². The van der Waals surface area contributed by atoms with E-state index in [0.717, 1.165) is 18.7 Å². The van der Waals surface area contributed by atoms with Gasteiger partial charge in [-0.1, -0.05) is 19.1 Å². The maximum absolute atomic E-state index is 9.91. The molecule has 0 saturated carbocycles. The number of hydrogen-bond acceptors (Lipinski definition) is 5. The lowest BCUT2D eigenvalue weighted by Gasteiger charge is -2.34. The fourth-order valence-electron chi connectivity index (χ4n) is 2.05. The summed E-state index contributed by atoms with van der Waals surface area (Å²) in [5.41, 5.74) is 7.02. The van der Waals surface area contributed by atoms with E-state index in [1.807, 2.05) is 11.8 Å². The molecule has 1 aliphatic heterocycles. The second-order valence-electron chi connectivity index (χ2n) is 4.84. The first-order valence-electron chi connectivity index (χ1n) is 6.06. The first-order chi connectivity index (χ1) is 8.47. The van der Waals surface area contributed by atoms with Gasteiger partial charge in [0.05, 0.1) is 6.10 Å². The summed E-state index contributed by atoms with van der Waals surface area (Å²) in [7, 11) is 0. The molecule has 0 bridgehead atoms. The third-order valence-electron chi connectivity index (χ3n) is 3.30. The Kier molecular flexibility index (Phi) is 3.77. The number of nitrogens with zero attached hydrogens (tertiary/aromatic N) is 3. The van der Waals surface area contributed by atoms with Crippen LogP contribution in [0.1, 0.15) is 24.7 Å². The highest BCUT2D eigenvalue weighted by atomic mass is 32.1. The van der Waals surface area contributed by atoms with Gasteiger partial charge in [0.1, 0.15) is 10.7 Å². The standard InChI is InChI=1S/C12H18N4OS/c1-7-3-4-16(6-10(7)17)12-14-8(2)5-9(15-12)11(13)18/h5,7,10,17H,3-4,6H2,1-2H3,(H2,13,18). The average molecular weight is 266 g/mol. The number of aliphatic hydroxyl groups excluding tert-OH is 1. The third kappa shape index (κ3) is 2.76. The molecule has 1 fully saturated rings. The van der Waals surface area contributed by atoms with Crippen molar-refractivity contribution in [2.75, 3.05) is 18.0 Å². The van der Waals surface area contributed by atoms with Crippen LogP contribution in [-0.2, 0) is 0 Å². The van der Waals surface area contributed by atoms with Gasteiger partial charge >= 0.3 is 0 Å². The summed E-state index contributed by atoms with van der Waals surface area (Å²) in [6, 6.07) is 1.77. The van der Waals surface area contributed by atoms with Gasteiger partial charge in [0.2, 0.25) is 5.95 Å². The first-order valence-corrected chi connectivity index (χ1v) is 6.46. The fraction of sp³-hybridized carbons (Fsp3) is 0.583. The fourth-order valence-corrected chi connectivity index (χ4v) is 2.16. The summed E-state index contributed by atoms with van der Waals surface area (Å²) in [6.07, 6.45) is 0.595. The van der Waals surface area contributed by atoms with Gasteiger partial charge in [-0.25, -0.2) is 9.97 Å². The van der Waals surface area contributed by atoms with Crippen molar-refractivity contribution in [3.63, 3.8) is 0 Å². The largest absolute Gasteiger partial charge is 0.391 e. The molecular formula is C12H18N4OS. The Morgan fingerprint density at radius 1 is 1.56 bits per heavy atom. The summed E-state index contributed by atoms with van der Waals surface area (Å²) in [6.45, 7) is 5.34. The summed E-state index contributed by atoms with van der Waals surface area (Å²) < 4.78 is 0. The van der Waals surface area contributed by atoms with Crippen molar-refractivity contribution in [1.29, 1.82) is 0 Å². The third-order valence-corrected chi connectivity index (χ3v) is 3.51. The Labute approximate surface area is 112 Å². The van der Waals surface area contributed by atoms with E-state index in [1.54, 1.807) is 6.07 Å². The quantitative estimate of drug-likeness (QED) is 0.765. The molecule has 18 heavy (non-hydrogen) atoms. The molecule has 0 aromatic carbocycles. The van der Waals surface area contributed by atoms with Gasteiger partial charge in [-0.2, -0.15) is 0 Å². The van der Waals surface area contributed by atoms with Crippen molar-refractivity contribution in [2.45, 2.75) is 26.4 Å². The molecule has 2 atom stereocenters. The molecule has 6 heteroatoms. The summed E-state index contributed by atoms with van der Waals surface area (Å²) in [5.74, 6) is 0.921. The smallest absolute Gasteiger partial charge is 0.226 e. The van der Waals surface area contributed by atoms with Crippen LogP contribution in [0.2, 0.25) is 0 Å². The van der Waals surface area contributed by atoms with Crippen molar-refractivity contribution >= 4 is 23.2 Å². The van der Waals surface area contributed by atoms with Crippen molar-refractivity contribution in [3.05, 3.63) is 17.5 Å². The molecule has 98 valence electrons. The Morgan fingerprint density at radius 2 is 2.28 bits per heavy atom. The lowest BCUT2D eigenvalue weighted by Crippen LogP contribution is -2.43. The first kappa shape index (κ1) is 13.2. The number of hydrogen-bond donors (Lipinski definition) is 2. The number of β-amino-alcohol motifs (C(OH)–C–C–N with tert-alkyl or cyclic N) is 1. The minimum absolute atomic E-state index is 0.271. The molecule has 1 aliphatic rings. The van der Waals surface area contributed by atoms with Gasteiger partial charge in [0, 0.05) is 18.8 Å². The molecule has 3 N–H and O–H groups in total. The lowest BCUT2D eigenvalue weighted by atomic mass is 9.96. The highest BCUT2D eigenvalue weighted by molar-refractivity contribution is 7.80. The second-order valence-corrected chi connectivity index (χ2v) is 5.28. The van der Waals surface area contributed by atoms with Gasteiger partial charge in [-0.05, 0) is 25.3 Å². The molecule has 0 spiro atoms. The molecule has 2 rings (SSSR count). The summed E-state index contributed by atoms with van der Waals surface area (Å²) in [4.78, 5) is 11.0. The van der Waals surface area contributed by atoms with E-state index in [-0.39, 0.29) is 11.1 Å². The van der Waals surface area contributed by atoms with Gasteiger partial charge in [0.25, 0.3) is 0 Å². The Morgan fingerprint density at radius 3 is 2.89 bits per heavy atom. The van der Waals surface area contributed by atoms with E-state index in [0.29, 0.717) is 24.1 Å². The normalized spacial score (nSPS) is 24.1. The zero-order chi connectivity index (χ0) is 13.3. The van der Waals surface area contributed by atoms with E-state index in [2.05, 4.69) is 16.9 Å². The van der Waals surface area contributed by atoms with Crippen LogP contribution in [0.4, 0.5) is 5.95 Å². The van der Waals surface area contributed by atoms with E-state index in [9.17, 15) is 5.11 Å². The summed E-state index contributed by atoms with van der Waals surface area (Å²) in [5, 5.41) is 9.91. The van der Waals surface area contributed by atoms with E-state index in [4.69, 9.17) is 18.0 Å². The van der Waals surface area contributed by atoms with Crippen molar-refractivity contribution in [1.82, 2.24) is 9.97 Å².